The predicted molar refractivity (Wildman–Crippen MR) is 99.4 cm³/mol. The molecule has 1 nitrogen and oxygen atoms in total. The largest absolute Gasteiger partial charge is 0.303 e. The van der Waals surface area contributed by atoms with Crippen molar-refractivity contribution in [3.05, 3.63) is 12.2 Å². The van der Waals surface area contributed by atoms with Crippen molar-refractivity contribution in [3.63, 3.8) is 0 Å². The van der Waals surface area contributed by atoms with Gasteiger partial charge < -0.3 is 4.79 Å². The van der Waals surface area contributed by atoms with E-state index < -0.39 is 0 Å². The van der Waals surface area contributed by atoms with Gasteiger partial charge in [0.25, 0.3) is 0 Å². The normalized spacial score (nSPS) is 11.3. The summed E-state index contributed by atoms with van der Waals surface area (Å²) in [6, 6.07) is 0. The molecule has 0 atom stereocenters. The van der Waals surface area contributed by atoms with Crippen LogP contribution in [0.25, 0.3) is 0 Å². The standard InChI is InChI=1S/C21H40O/c1-2-3-4-5-6-7-8-9-10-11-12-13-14-15-16-17-18-19-20-21-22/h17-18,21H,2-16,19-20H2,1H3/b18-17-. The van der Waals surface area contributed by atoms with Crippen molar-refractivity contribution >= 4 is 6.29 Å². The van der Waals surface area contributed by atoms with Crippen molar-refractivity contribution in [1.82, 2.24) is 0 Å². The minimum atomic E-state index is 0.676. The van der Waals surface area contributed by atoms with Gasteiger partial charge in [0.05, 0.1) is 0 Å². The number of unbranched alkanes of at least 4 members (excludes halogenated alkanes) is 15. The van der Waals surface area contributed by atoms with Crippen molar-refractivity contribution in [2.45, 2.75) is 116 Å². The van der Waals surface area contributed by atoms with Crippen molar-refractivity contribution in [3.8, 4) is 0 Å². The molecule has 22 heavy (non-hydrogen) atoms. The minimum absolute atomic E-state index is 0.676. The first-order valence-electron chi connectivity index (χ1n) is 10.0. The lowest BCUT2D eigenvalue weighted by atomic mass is 10.0. The Morgan fingerprint density at radius 2 is 0.909 bits per heavy atom. The van der Waals surface area contributed by atoms with E-state index in [1.807, 2.05) is 0 Å². The zero-order chi connectivity index (χ0) is 16.1. The lowest BCUT2D eigenvalue weighted by molar-refractivity contribution is -0.107. The van der Waals surface area contributed by atoms with Gasteiger partial charge in [-0.15, -0.1) is 0 Å². The first-order chi connectivity index (χ1) is 10.9. The Labute approximate surface area is 140 Å². The summed E-state index contributed by atoms with van der Waals surface area (Å²) in [4.78, 5) is 10.1. The highest BCUT2D eigenvalue weighted by atomic mass is 16.1. The van der Waals surface area contributed by atoms with Gasteiger partial charge in [-0.2, -0.15) is 0 Å². The molecule has 0 aromatic heterocycles. The van der Waals surface area contributed by atoms with E-state index in [-0.39, 0.29) is 0 Å². The molecule has 0 amide bonds. The number of hydrogen-bond acceptors (Lipinski definition) is 1. The van der Waals surface area contributed by atoms with Crippen LogP contribution in [-0.2, 0) is 4.79 Å². The smallest absolute Gasteiger partial charge is 0.120 e. The lowest BCUT2D eigenvalue weighted by Crippen LogP contribution is -1.83. The zero-order valence-corrected chi connectivity index (χ0v) is 15.2. The van der Waals surface area contributed by atoms with Gasteiger partial charge in [-0.05, 0) is 19.3 Å². The molecule has 0 heterocycles. The van der Waals surface area contributed by atoms with Crippen LogP contribution in [-0.4, -0.2) is 6.29 Å². The van der Waals surface area contributed by atoms with Gasteiger partial charge in [0.15, 0.2) is 0 Å². The second-order valence-corrected chi connectivity index (χ2v) is 6.60. The number of aldehydes is 1. The summed E-state index contributed by atoms with van der Waals surface area (Å²) in [5, 5.41) is 0. The summed E-state index contributed by atoms with van der Waals surface area (Å²) >= 11 is 0. The first-order valence-corrected chi connectivity index (χ1v) is 10.0. The fraction of sp³-hybridized carbons (Fsp3) is 0.857. The Morgan fingerprint density at radius 1 is 0.500 bits per heavy atom. The second kappa shape index (κ2) is 20.4. The van der Waals surface area contributed by atoms with Gasteiger partial charge in [0, 0.05) is 6.42 Å². The van der Waals surface area contributed by atoms with E-state index in [4.69, 9.17) is 0 Å². The Balaban J connectivity index is 2.99. The fourth-order valence-electron chi connectivity index (χ4n) is 2.86. The quantitative estimate of drug-likeness (QED) is 0.146. The molecule has 0 rings (SSSR count). The molecule has 0 aromatic carbocycles. The van der Waals surface area contributed by atoms with Crippen molar-refractivity contribution in [2.75, 3.05) is 0 Å². The summed E-state index contributed by atoms with van der Waals surface area (Å²) in [5.41, 5.74) is 0. The number of carbonyl (C=O) groups excluding carboxylic acids is 1. The third-order valence-electron chi connectivity index (χ3n) is 4.34. The molecule has 1 heteroatoms. The predicted octanol–water partition coefficient (Wildman–Crippen LogP) is 7.39. The fourth-order valence-corrected chi connectivity index (χ4v) is 2.86. The Morgan fingerprint density at radius 3 is 1.36 bits per heavy atom. The van der Waals surface area contributed by atoms with Crippen LogP contribution in [0.2, 0.25) is 0 Å². The summed E-state index contributed by atoms with van der Waals surface area (Å²) in [6.45, 7) is 2.28. The van der Waals surface area contributed by atoms with Crippen LogP contribution in [0, 0.1) is 0 Å². The maximum atomic E-state index is 10.1. The van der Waals surface area contributed by atoms with E-state index in [0.29, 0.717) is 6.42 Å². The second-order valence-electron chi connectivity index (χ2n) is 6.60. The molecule has 0 bridgehead atoms. The first kappa shape index (κ1) is 21.4. The molecule has 0 N–H and O–H groups in total. The van der Waals surface area contributed by atoms with Gasteiger partial charge in [-0.3, -0.25) is 0 Å². The van der Waals surface area contributed by atoms with Crippen molar-refractivity contribution in [1.29, 1.82) is 0 Å². The van der Waals surface area contributed by atoms with Crippen LogP contribution in [0.1, 0.15) is 116 Å². The molecular weight excluding hydrogens is 268 g/mol. The summed E-state index contributed by atoms with van der Waals surface area (Å²) in [5.74, 6) is 0. The van der Waals surface area contributed by atoms with E-state index in [1.54, 1.807) is 0 Å². The Hall–Kier alpha value is -0.590. The molecular formula is C21H40O. The van der Waals surface area contributed by atoms with Crippen molar-refractivity contribution in [2.24, 2.45) is 0 Å². The molecule has 0 aromatic rings. The van der Waals surface area contributed by atoms with E-state index in [0.717, 1.165) is 12.7 Å². The van der Waals surface area contributed by atoms with Gasteiger partial charge in [-0.1, -0.05) is 103 Å². The van der Waals surface area contributed by atoms with E-state index in [1.165, 1.54) is 96.3 Å². The molecule has 0 unspecified atom stereocenters. The average molecular weight is 309 g/mol. The Bertz CT molecular complexity index is 232. The molecule has 0 radical (unpaired) electrons. The molecule has 0 saturated carbocycles. The van der Waals surface area contributed by atoms with Crippen LogP contribution in [0.3, 0.4) is 0 Å². The highest BCUT2D eigenvalue weighted by molar-refractivity contribution is 5.49. The van der Waals surface area contributed by atoms with E-state index >= 15 is 0 Å². The van der Waals surface area contributed by atoms with Crippen molar-refractivity contribution < 1.29 is 4.79 Å². The van der Waals surface area contributed by atoms with Gasteiger partial charge in [-0.25, -0.2) is 0 Å². The van der Waals surface area contributed by atoms with Crippen LogP contribution in [0.5, 0.6) is 0 Å². The molecule has 0 aliphatic carbocycles. The monoisotopic (exact) mass is 308 g/mol. The highest BCUT2D eigenvalue weighted by Gasteiger charge is 1.93. The number of rotatable bonds is 18. The van der Waals surface area contributed by atoms with Crippen LogP contribution in [0.15, 0.2) is 12.2 Å². The maximum absolute atomic E-state index is 10.1. The molecule has 0 saturated heterocycles. The van der Waals surface area contributed by atoms with Gasteiger partial charge in [0.2, 0.25) is 0 Å². The molecule has 130 valence electrons. The third-order valence-corrected chi connectivity index (χ3v) is 4.34. The third kappa shape index (κ3) is 19.4. The Kier molecular flexibility index (Phi) is 19.9. The number of carbonyl (C=O) groups is 1. The summed E-state index contributed by atoms with van der Waals surface area (Å²) < 4.78 is 0. The SMILES string of the molecule is CCCCCCCCCCCCCCCC/C=C\CCC=O. The topological polar surface area (TPSA) is 17.1 Å². The van der Waals surface area contributed by atoms with Crippen LogP contribution in [0.4, 0.5) is 0 Å². The number of allylic oxidation sites excluding steroid dienone is 2. The highest BCUT2D eigenvalue weighted by Crippen LogP contribution is 2.13. The lowest BCUT2D eigenvalue weighted by Gasteiger charge is -2.02. The van der Waals surface area contributed by atoms with Gasteiger partial charge in [0.1, 0.15) is 6.29 Å². The maximum Gasteiger partial charge on any atom is 0.120 e. The average Bonchev–Trinajstić information content (AvgIpc) is 2.54. The zero-order valence-electron chi connectivity index (χ0n) is 15.2. The number of hydrogen-bond donors (Lipinski definition) is 0. The summed E-state index contributed by atoms with van der Waals surface area (Å²) in [6.07, 6.45) is 28.1. The minimum Gasteiger partial charge on any atom is -0.303 e. The van der Waals surface area contributed by atoms with Gasteiger partial charge >= 0.3 is 0 Å². The molecule has 0 spiro atoms. The summed E-state index contributed by atoms with van der Waals surface area (Å²) in [7, 11) is 0. The van der Waals surface area contributed by atoms with E-state index in [2.05, 4.69) is 19.1 Å². The molecule has 0 aliphatic heterocycles. The van der Waals surface area contributed by atoms with Crippen LogP contribution >= 0.6 is 0 Å². The van der Waals surface area contributed by atoms with E-state index in [9.17, 15) is 4.79 Å². The molecule has 0 aliphatic rings. The van der Waals surface area contributed by atoms with Crippen LogP contribution < -0.4 is 0 Å². The molecule has 0 fully saturated rings.